The summed E-state index contributed by atoms with van der Waals surface area (Å²) < 4.78 is 0.956. The predicted octanol–water partition coefficient (Wildman–Crippen LogP) is 5.98. The van der Waals surface area contributed by atoms with Crippen molar-refractivity contribution in [2.24, 2.45) is 17.8 Å². The molecule has 2 rings (SSSR count). The number of rotatable bonds is 3. The van der Waals surface area contributed by atoms with Crippen LogP contribution in [0, 0.1) is 17.8 Å². The van der Waals surface area contributed by atoms with Crippen molar-refractivity contribution in [1.82, 2.24) is 0 Å². The summed E-state index contributed by atoms with van der Waals surface area (Å²) in [4.78, 5) is 0. The van der Waals surface area contributed by atoms with Gasteiger partial charge in [0.25, 0.3) is 0 Å². The second-order valence-corrected chi connectivity index (χ2v) is 7.47. The SMILES string of the molecule is CC1CCC(C(C)C)C(Nc2ccc(Br)c(Cl)c2)C1. The van der Waals surface area contributed by atoms with Crippen molar-refractivity contribution >= 4 is 33.2 Å². The van der Waals surface area contributed by atoms with Crippen LogP contribution in [-0.4, -0.2) is 6.04 Å². The molecule has 3 heteroatoms. The highest BCUT2D eigenvalue weighted by Crippen LogP contribution is 2.36. The van der Waals surface area contributed by atoms with Crippen molar-refractivity contribution in [2.75, 3.05) is 5.32 Å². The predicted molar refractivity (Wildman–Crippen MR) is 87.9 cm³/mol. The third kappa shape index (κ3) is 3.88. The number of hydrogen-bond acceptors (Lipinski definition) is 1. The van der Waals surface area contributed by atoms with E-state index in [4.69, 9.17) is 11.6 Å². The molecule has 1 fully saturated rings. The minimum atomic E-state index is 0.570. The van der Waals surface area contributed by atoms with Crippen LogP contribution in [0.15, 0.2) is 22.7 Å². The first-order valence-corrected chi connectivity index (χ1v) is 8.36. The third-order valence-electron chi connectivity index (χ3n) is 4.29. The van der Waals surface area contributed by atoms with Crippen molar-refractivity contribution < 1.29 is 0 Å². The topological polar surface area (TPSA) is 12.0 Å². The zero-order valence-corrected chi connectivity index (χ0v) is 14.3. The molecule has 0 saturated heterocycles. The van der Waals surface area contributed by atoms with Gasteiger partial charge in [0, 0.05) is 16.2 Å². The van der Waals surface area contributed by atoms with Crippen LogP contribution in [0.5, 0.6) is 0 Å². The fourth-order valence-electron chi connectivity index (χ4n) is 3.17. The van der Waals surface area contributed by atoms with E-state index in [0.29, 0.717) is 6.04 Å². The van der Waals surface area contributed by atoms with Crippen molar-refractivity contribution in [3.05, 3.63) is 27.7 Å². The van der Waals surface area contributed by atoms with Gasteiger partial charge in [0.2, 0.25) is 0 Å². The van der Waals surface area contributed by atoms with E-state index in [2.05, 4.69) is 48.1 Å². The molecule has 0 radical (unpaired) electrons. The summed E-state index contributed by atoms with van der Waals surface area (Å²) >= 11 is 9.61. The van der Waals surface area contributed by atoms with Gasteiger partial charge in [0.05, 0.1) is 5.02 Å². The molecule has 1 N–H and O–H groups in total. The Bertz CT molecular complexity index is 433. The van der Waals surface area contributed by atoms with Gasteiger partial charge >= 0.3 is 0 Å². The van der Waals surface area contributed by atoms with Gasteiger partial charge in [0.15, 0.2) is 0 Å². The van der Waals surface area contributed by atoms with Gasteiger partial charge < -0.3 is 5.32 Å². The minimum absolute atomic E-state index is 0.570. The Hall–Kier alpha value is -0.210. The normalized spacial score (nSPS) is 27.6. The summed E-state index contributed by atoms with van der Waals surface area (Å²) in [5.74, 6) is 2.31. The standard InChI is InChI=1S/C16H23BrClN/c1-10(2)13-6-4-11(3)8-16(13)19-12-5-7-14(17)15(18)9-12/h5,7,9-11,13,16,19H,4,6,8H2,1-3H3. The van der Waals surface area contributed by atoms with E-state index in [1.54, 1.807) is 0 Å². The molecule has 106 valence electrons. The van der Waals surface area contributed by atoms with Gasteiger partial charge in [-0.2, -0.15) is 0 Å². The quantitative estimate of drug-likeness (QED) is 0.711. The Morgan fingerprint density at radius 2 is 2.05 bits per heavy atom. The highest BCUT2D eigenvalue weighted by molar-refractivity contribution is 9.10. The van der Waals surface area contributed by atoms with E-state index >= 15 is 0 Å². The van der Waals surface area contributed by atoms with Crippen LogP contribution in [0.4, 0.5) is 5.69 Å². The Balaban J connectivity index is 2.11. The maximum Gasteiger partial charge on any atom is 0.0568 e. The van der Waals surface area contributed by atoms with E-state index in [9.17, 15) is 0 Å². The van der Waals surface area contributed by atoms with E-state index in [-0.39, 0.29) is 0 Å². The number of benzene rings is 1. The van der Waals surface area contributed by atoms with Crippen LogP contribution in [0.3, 0.4) is 0 Å². The monoisotopic (exact) mass is 343 g/mol. The van der Waals surface area contributed by atoms with E-state index in [1.807, 2.05) is 12.1 Å². The van der Waals surface area contributed by atoms with Crippen LogP contribution in [0.2, 0.25) is 5.02 Å². The lowest BCUT2D eigenvalue weighted by atomic mass is 9.74. The molecule has 3 atom stereocenters. The summed E-state index contributed by atoms with van der Waals surface area (Å²) in [5.41, 5.74) is 1.14. The van der Waals surface area contributed by atoms with Crippen molar-refractivity contribution in [3.8, 4) is 0 Å². The molecule has 1 aromatic rings. The maximum atomic E-state index is 6.17. The van der Waals surface area contributed by atoms with Crippen LogP contribution < -0.4 is 5.32 Å². The summed E-state index contributed by atoms with van der Waals surface area (Å²) in [6.07, 6.45) is 3.96. The zero-order chi connectivity index (χ0) is 14.0. The third-order valence-corrected chi connectivity index (χ3v) is 5.53. The summed E-state index contributed by atoms with van der Waals surface area (Å²) in [7, 11) is 0. The first-order valence-electron chi connectivity index (χ1n) is 7.19. The molecule has 0 spiro atoms. The molecule has 19 heavy (non-hydrogen) atoms. The first kappa shape index (κ1) is 15.2. The highest BCUT2D eigenvalue weighted by atomic mass is 79.9. The molecule has 3 unspecified atom stereocenters. The molecular weight excluding hydrogens is 322 g/mol. The fourth-order valence-corrected chi connectivity index (χ4v) is 3.60. The minimum Gasteiger partial charge on any atom is -0.382 e. The van der Waals surface area contributed by atoms with Gasteiger partial charge in [-0.1, -0.05) is 38.8 Å². The summed E-state index contributed by atoms with van der Waals surface area (Å²) in [5, 5.41) is 4.48. The second-order valence-electron chi connectivity index (χ2n) is 6.21. The molecule has 1 nitrogen and oxygen atoms in total. The number of anilines is 1. The summed E-state index contributed by atoms with van der Waals surface area (Å²) in [6, 6.07) is 6.71. The Morgan fingerprint density at radius 1 is 1.32 bits per heavy atom. The first-order chi connectivity index (χ1) is 8.97. The van der Waals surface area contributed by atoms with Crippen molar-refractivity contribution in [2.45, 2.75) is 46.1 Å². The van der Waals surface area contributed by atoms with E-state index < -0.39 is 0 Å². The van der Waals surface area contributed by atoms with Crippen LogP contribution in [-0.2, 0) is 0 Å². The van der Waals surface area contributed by atoms with Crippen molar-refractivity contribution in [1.29, 1.82) is 0 Å². The van der Waals surface area contributed by atoms with Crippen LogP contribution in [0.25, 0.3) is 0 Å². The van der Waals surface area contributed by atoms with Crippen molar-refractivity contribution in [3.63, 3.8) is 0 Å². The lowest BCUT2D eigenvalue weighted by molar-refractivity contribution is 0.212. The molecule has 1 aliphatic carbocycles. The second kappa shape index (κ2) is 6.49. The lowest BCUT2D eigenvalue weighted by Crippen LogP contribution is -2.37. The average Bonchev–Trinajstić information content (AvgIpc) is 2.33. The van der Waals surface area contributed by atoms with Gasteiger partial charge in [-0.25, -0.2) is 0 Å². The summed E-state index contributed by atoms with van der Waals surface area (Å²) in [6.45, 7) is 7.04. The van der Waals surface area contributed by atoms with Gasteiger partial charge in [-0.3, -0.25) is 0 Å². The highest BCUT2D eigenvalue weighted by Gasteiger charge is 2.30. The number of halogens is 2. The number of nitrogens with one attached hydrogen (secondary N) is 1. The molecule has 0 aliphatic heterocycles. The largest absolute Gasteiger partial charge is 0.382 e. The van der Waals surface area contributed by atoms with Gasteiger partial charge in [-0.15, -0.1) is 0 Å². The number of hydrogen-bond donors (Lipinski definition) is 1. The molecular formula is C16H23BrClN. The average molecular weight is 345 g/mol. The molecule has 0 amide bonds. The maximum absolute atomic E-state index is 6.17. The van der Waals surface area contributed by atoms with Gasteiger partial charge in [0.1, 0.15) is 0 Å². The molecule has 1 aromatic carbocycles. The Labute approximate surface area is 130 Å². The lowest BCUT2D eigenvalue weighted by Gasteiger charge is -2.38. The van der Waals surface area contributed by atoms with Gasteiger partial charge in [-0.05, 0) is 64.7 Å². The molecule has 1 saturated carbocycles. The van der Waals surface area contributed by atoms with Crippen LogP contribution >= 0.6 is 27.5 Å². The Morgan fingerprint density at radius 3 is 2.68 bits per heavy atom. The fraction of sp³-hybridized carbons (Fsp3) is 0.625. The zero-order valence-electron chi connectivity index (χ0n) is 11.9. The van der Waals surface area contributed by atoms with E-state index in [0.717, 1.165) is 32.9 Å². The molecule has 0 bridgehead atoms. The molecule has 1 aliphatic rings. The molecule has 0 heterocycles. The van der Waals surface area contributed by atoms with Crippen LogP contribution in [0.1, 0.15) is 40.0 Å². The Kier molecular flexibility index (Phi) is 5.19. The molecule has 0 aromatic heterocycles. The van der Waals surface area contributed by atoms with E-state index in [1.165, 1.54) is 19.3 Å². The smallest absolute Gasteiger partial charge is 0.0568 e.